The summed E-state index contributed by atoms with van der Waals surface area (Å²) >= 11 is 5.96. The van der Waals surface area contributed by atoms with Gasteiger partial charge in [0.2, 0.25) is 5.91 Å². The first-order chi connectivity index (χ1) is 12.1. The van der Waals surface area contributed by atoms with Crippen LogP contribution in [0.2, 0.25) is 5.02 Å². The van der Waals surface area contributed by atoms with Crippen molar-refractivity contribution in [2.45, 2.75) is 6.42 Å². The van der Waals surface area contributed by atoms with Crippen LogP contribution < -0.4 is 14.8 Å². The molecule has 0 fully saturated rings. The Balaban J connectivity index is 1.71. The minimum Gasteiger partial charge on any atom is -0.495 e. The number of hydrogen-bond acceptors (Lipinski definition) is 4. The molecule has 0 spiro atoms. The van der Waals surface area contributed by atoms with Gasteiger partial charge in [-0.05, 0) is 37.4 Å². The van der Waals surface area contributed by atoms with E-state index in [1.807, 2.05) is 37.4 Å². The molecule has 0 aromatic heterocycles. The minimum absolute atomic E-state index is 0.0867. The zero-order chi connectivity index (χ0) is 18.1. The Bertz CT molecular complexity index is 680. The topological polar surface area (TPSA) is 50.8 Å². The second-order valence-corrected chi connectivity index (χ2v) is 6.04. The quantitative estimate of drug-likeness (QED) is 0.739. The number of likely N-dealkylation sites (N-methyl/N-ethyl adjacent to an activating group) is 1. The van der Waals surface area contributed by atoms with Gasteiger partial charge in [-0.1, -0.05) is 29.8 Å². The minimum atomic E-state index is -0.0867. The van der Waals surface area contributed by atoms with Crippen molar-refractivity contribution < 1.29 is 14.3 Å². The van der Waals surface area contributed by atoms with Gasteiger partial charge in [0, 0.05) is 24.5 Å². The Hall–Kier alpha value is -2.24. The van der Waals surface area contributed by atoms with Crippen molar-refractivity contribution in [1.29, 1.82) is 0 Å². The number of benzene rings is 2. The van der Waals surface area contributed by atoms with Crippen molar-refractivity contribution in [1.82, 2.24) is 4.90 Å². The summed E-state index contributed by atoms with van der Waals surface area (Å²) in [5, 5.41) is 3.38. The standard InChI is InChI=1S/C19H23ClN2O3/c1-22(12-13-25-16-6-4-3-5-7-16)11-10-19(23)21-17-14-15(20)8-9-18(17)24-2/h3-9,14H,10-13H2,1-2H3,(H,21,23). The molecular weight excluding hydrogens is 340 g/mol. The van der Waals surface area contributed by atoms with Crippen LogP contribution in [0, 0.1) is 0 Å². The van der Waals surface area contributed by atoms with Crippen LogP contribution in [0.4, 0.5) is 5.69 Å². The van der Waals surface area contributed by atoms with E-state index in [4.69, 9.17) is 21.1 Å². The molecule has 0 bridgehead atoms. The van der Waals surface area contributed by atoms with Crippen LogP contribution in [0.15, 0.2) is 48.5 Å². The van der Waals surface area contributed by atoms with Gasteiger partial charge < -0.3 is 19.7 Å². The number of anilines is 1. The van der Waals surface area contributed by atoms with E-state index >= 15 is 0 Å². The molecule has 6 heteroatoms. The van der Waals surface area contributed by atoms with Crippen LogP contribution in [0.1, 0.15) is 6.42 Å². The van der Waals surface area contributed by atoms with Crippen LogP contribution in [-0.2, 0) is 4.79 Å². The summed E-state index contributed by atoms with van der Waals surface area (Å²) in [4.78, 5) is 14.2. The lowest BCUT2D eigenvalue weighted by atomic mass is 10.2. The van der Waals surface area contributed by atoms with Crippen LogP contribution in [-0.4, -0.2) is 44.7 Å². The summed E-state index contributed by atoms with van der Waals surface area (Å²) in [6, 6.07) is 14.8. The number of hydrogen-bond donors (Lipinski definition) is 1. The fourth-order valence-electron chi connectivity index (χ4n) is 2.23. The highest BCUT2D eigenvalue weighted by Gasteiger charge is 2.09. The Morgan fingerprint density at radius 3 is 2.64 bits per heavy atom. The number of nitrogens with one attached hydrogen (secondary N) is 1. The Labute approximate surface area is 153 Å². The maximum Gasteiger partial charge on any atom is 0.225 e. The third-order valence-corrected chi connectivity index (χ3v) is 3.88. The second kappa shape index (κ2) is 9.91. The summed E-state index contributed by atoms with van der Waals surface area (Å²) in [6.07, 6.45) is 0.373. The zero-order valence-electron chi connectivity index (χ0n) is 14.5. The van der Waals surface area contributed by atoms with Gasteiger partial charge >= 0.3 is 0 Å². The van der Waals surface area contributed by atoms with Gasteiger partial charge in [0.15, 0.2) is 0 Å². The van der Waals surface area contributed by atoms with E-state index in [1.165, 1.54) is 0 Å². The molecule has 5 nitrogen and oxygen atoms in total. The molecule has 0 unspecified atom stereocenters. The van der Waals surface area contributed by atoms with E-state index in [9.17, 15) is 4.79 Å². The SMILES string of the molecule is COc1ccc(Cl)cc1NC(=O)CCN(C)CCOc1ccccc1. The first-order valence-corrected chi connectivity index (χ1v) is 8.46. The van der Waals surface area contributed by atoms with Crippen molar-refractivity contribution in [3.8, 4) is 11.5 Å². The van der Waals surface area contributed by atoms with Gasteiger partial charge in [-0.3, -0.25) is 4.79 Å². The molecular formula is C19H23ClN2O3. The number of rotatable bonds is 9. The number of nitrogens with zero attached hydrogens (tertiary/aromatic N) is 1. The first kappa shape index (κ1) is 19.1. The molecule has 0 saturated heterocycles. The van der Waals surface area contributed by atoms with E-state index in [-0.39, 0.29) is 5.91 Å². The highest BCUT2D eigenvalue weighted by Crippen LogP contribution is 2.27. The zero-order valence-corrected chi connectivity index (χ0v) is 15.3. The maximum atomic E-state index is 12.1. The molecule has 0 heterocycles. The van der Waals surface area contributed by atoms with Crippen LogP contribution in [0.3, 0.4) is 0 Å². The summed E-state index contributed by atoms with van der Waals surface area (Å²) in [5.41, 5.74) is 0.579. The molecule has 1 amide bonds. The van der Waals surface area contributed by atoms with Gasteiger partial charge in [-0.2, -0.15) is 0 Å². The van der Waals surface area contributed by atoms with Crippen LogP contribution >= 0.6 is 11.6 Å². The van der Waals surface area contributed by atoms with E-state index in [2.05, 4.69) is 10.2 Å². The third-order valence-electron chi connectivity index (χ3n) is 3.64. The fourth-order valence-corrected chi connectivity index (χ4v) is 2.40. The molecule has 1 N–H and O–H groups in total. The molecule has 0 aliphatic heterocycles. The van der Waals surface area contributed by atoms with E-state index < -0.39 is 0 Å². The van der Waals surface area contributed by atoms with Crippen molar-refractivity contribution in [3.05, 3.63) is 53.6 Å². The molecule has 0 atom stereocenters. The summed E-state index contributed by atoms with van der Waals surface area (Å²) in [7, 11) is 3.51. The number of para-hydroxylation sites is 1. The summed E-state index contributed by atoms with van der Waals surface area (Å²) < 4.78 is 10.9. The molecule has 134 valence electrons. The number of carbonyl (C=O) groups is 1. The lowest BCUT2D eigenvalue weighted by molar-refractivity contribution is -0.116. The summed E-state index contributed by atoms with van der Waals surface area (Å²) in [6.45, 7) is 1.94. The fraction of sp³-hybridized carbons (Fsp3) is 0.316. The predicted molar refractivity (Wildman–Crippen MR) is 101 cm³/mol. The molecule has 2 aromatic carbocycles. The van der Waals surface area contributed by atoms with Gasteiger partial charge in [0.1, 0.15) is 18.1 Å². The summed E-state index contributed by atoms with van der Waals surface area (Å²) in [5.74, 6) is 1.35. The highest BCUT2D eigenvalue weighted by molar-refractivity contribution is 6.31. The maximum absolute atomic E-state index is 12.1. The number of carbonyl (C=O) groups excluding carboxylic acids is 1. The Morgan fingerprint density at radius 1 is 1.16 bits per heavy atom. The average molecular weight is 363 g/mol. The molecule has 0 aliphatic carbocycles. The number of halogens is 1. The lowest BCUT2D eigenvalue weighted by Crippen LogP contribution is -2.28. The molecule has 0 radical (unpaired) electrons. The predicted octanol–water partition coefficient (Wildman–Crippen LogP) is 3.69. The van der Waals surface area contributed by atoms with Crippen molar-refractivity contribution in [2.24, 2.45) is 0 Å². The lowest BCUT2D eigenvalue weighted by Gasteiger charge is -2.17. The molecule has 2 aromatic rings. The largest absolute Gasteiger partial charge is 0.495 e. The highest BCUT2D eigenvalue weighted by atomic mass is 35.5. The molecule has 25 heavy (non-hydrogen) atoms. The monoisotopic (exact) mass is 362 g/mol. The molecule has 0 aliphatic rings. The molecule has 2 rings (SSSR count). The van der Waals surface area contributed by atoms with Gasteiger partial charge in [-0.25, -0.2) is 0 Å². The van der Waals surface area contributed by atoms with E-state index in [0.29, 0.717) is 36.0 Å². The Morgan fingerprint density at radius 2 is 1.92 bits per heavy atom. The van der Waals surface area contributed by atoms with Gasteiger partial charge in [0.05, 0.1) is 12.8 Å². The van der Waals surface area contributed by atoms with Gasteiger partial charge in [-0.15, -0.1) is 0 Å². The van der Waals surface area contributed by atoms with Crippen LogP contribution in [0.5, 0.6) is 11.5 Å². The van der Waals surface area contributed by atoms with Gasteiger partial charge in [0.25, 0.3) is 0 Å². The molecule has 0 saturated carbocycles. The average Bonchev–Trinajstić information content (AvgIpc) is 2.61. The smallest absolute Gasteiger partial charge is 0.225 e. The number of methoxy groups -OCH3 is 1. The second-order valence-electron chi connectivity index (χ2n) is 5.61. The normalized spacial score (nSPS) is 10.6. The van der Waals surface area contributed by atoms with E-state index in [0.717, 1.165) is 12.3 Å². The van der Waals surface area contributed by atoms with Crippen molar-refractivity contribution >= 4 is 23.2 Å². The van der Waals surface area contributed by atoms with Crippen molar-refractivity contribution in [3.63, 3.8) is 0 Å². The number of amides is 1. The van der Waals surface area contributed by atoms with Crippen molar-refractivity contribution in [2.75, 3.05) is 39.2 Å². The van der Waals surface area contributed by atoms with Crippen LogP contribution in [0.25, 0.3) is 0 Å². The first-order valence-electron chi connectivity index (χ1n) is 8.08. The van der Waals surface area contributed by atoms with E-state index in [1.54, 1.807) is 25.3 Å². The number of ether oxygens (including phenoxy) is 2. The third kappa shape index (κ3) is 6.64. The Kier molecular flexibility index (Phi) is 7.57.